The van der Waals surface area contributed by atoms with Crippen molar-refractivity contribution in [1.82, 2.24) is 5.32 Å². The molecular weight excluding hydrogens is 190 g/mol. The third-order valence-electron chi connectivity index (χ3n) is 2.46. The number of carbonyl (C=O) groups is 1. The van der Waals surface area contributed by atoms with Gasteiger partial charge < -0.3 is 10.1 Å². The van der Waals surface area contributed by atoms with E-state index in [4.69, 9.17) is 4.74 Å². The average molecular weight is 207 g/mol. The number of carbonyl (C=O) groups excluding carboxylic acids is 1. The number of aryl methyl sites for hydroxylation is 1. The minimum Gasteiger partial charge on any atom is -0.469 e. The van der Waals surface area contributed by atoms with Gasteiger partial charge >= 0.3 is 5.97 Å². The van der Waals surface area contributed by atoms with E-state index in [2.05, 4.69) is 5.32 Å². The van der Waals surface area contributed by atoms with Gasteiger partial charge in [0, 0.05) is 6.54 Å². The van der Waals surface area contributed by atoms with Crippen molar-refractivity contribution >= 4 is 5.97 Å². The molecule has 0 heterocycles. The first-order valence-electron chi connectivity index (χ1n) is 4.98. The smallest absolute Gasteiger partial charge is 0.314 e. The van der Waals surface area contributed by atoms with E-state index < -0.39 is 0 Å². The zero-order valence-corrected chi connectivity index (χ0v) is 9.41. The molecule has 0 aromatic heterocycles. The number of hydrogen-bond acceptors (Lipinski definition) is 3. The SMILES string of the molecule is CNCC(C(=O)OC)c1ccccc1C. The lowest BCUT2D eigenvalue weighted by Gasteiger charge is -2.16. The van der Waals surface area contributed by atoms with E-state index in [0.717, 1.165) is 11.1 Å². The average Bonchev–Trinajstić information content (AvgIpc) is 2.26. The van der Waals surface area contributed by atoms with Crippen LogP contribution in [0.2, 0.25) is 0 Å². The van der Waals surface area contributed by atoms with Crippen LogP contribution in [-0.4, -0.2) is 26.7 Å². The Morgan fingerprint density at radius 3 is 2.67 bits per heavy atom. The lowest BCUT2D eigenvalue weighted by Crippen LogP contribution is -2.25. The van der Waals surface area contributed by atoms with Gasteiger partial charge in [0.2, 0.25) is 0 Å². The summed E-state index contributed by atoms with van der Waals surface area (Å²) >= 11 is 0. The van der Waals surface area contributed by atoms with Gasteiger partial charge in [-0.2, -0.15) is 0 Å². The Hall–Kier alpha value is -1.35. The van der Waals surface area contributed by atoms with Crippen LogP contribution < -0.4 is 5.32 Å². The molecule has 0 fully saturated rings. The molecule has 0 radical (unpaired) electrons. The van der Waals surface area contributed by atoms with Gasteiger partial charge in [0.1, 0.15) is 0 Å². The second-order valence-electron chi connectivity index (χ2n) is 3.49. The van der Waals surface area contributed by atoms with E-state index in [0.29, 0.717) is 6.54 Å². The Bertz CT molecular complexity index is 336. The Labute approximate surface area is 90.4 Å². The first-order chi connectivity index (χ1) is 7.20. The van der Waals surface area contributed by atoms with Gasteiger partial charge in [0.15, 0.2) is 0 Å². The lowest BCUT2D eigenvalue weighted by molar-refractivity contribution is -0.142. The number of likely N-dealkylation sites (N-methyl/N-ethyl adjacent to an activating group) is 1. The Balaban J connectivity index is 2.98. The van der Waals surface area contributed by atoms with Crippen LogP contribution in [0.3, 0.4) is 0 Å². The monoisotopic (exact) mass is 207 g/mol. The molecule has 3 heteroatoms. The van der Waals surface area contributed by atoms with Crippen LogP contribution in [0.4, 0.5) is 0 Å². The summed E-state index contributed by atoms with van der Waals surface area (Å²) in [7, 11) is 3.25. The fourth-order valence-electron chi connectivity index (χ4n) is 1.64. The molecule has 0 aliphatic carbocycles. The standard InChI is InChI=1S/C12H17NO2/c1-9-6-4-5-7-10(9)11(8-13-2)12(14)15-3/h4-7,11,13H,8H2,1-3H3. The van der Waals surface area contributed by atoms with Crippen molar-refractivity contribution < 1.29 is 9.53 Å². The number of hydrogen-bond donors (Lipinski definition) is 1. The lowest BCUT2D eigenvalue weighted by atomic mass is 9.95. The maximum Gasteiger partial charge on any atom is 0.314 e. The van der Waals surface area contributed by atoms with Crippen LogP contribution in [0, 0.1) is 6.92 Å². The van der Waals surface area contributed by atoms with Crippen molar-refractivity contribution in [3.63, 3.8) is 0 Å². The molecule has 1 unspecified atom stereocenters. The highest BCUT2D eigenvalue weighted by atomic mass is 16.5. The number of benzene rings is 1. The topological polar surface area (TPSA) is 38.3 Å². The Morgan fingerprint density at radius 2 is 2.13 bits per heavy atom. The molecule has 0 bridgehead atoms. The van der Waals surface area contributed by atoms with Crippen molar-refractivity contribution in [3.8, 4) is 0 Å². The maximum absolute atomic E-state index is 11.6. The Morgan fingerprint density at radius 1 is 1.47 bits per heavy atom. The predicted molar refractivity (Wildman–Crippen MR) is 59.9 cm³/mol. The number of nitrogens with one attached hydrogen (secondary N) is 1. The van der Waals surface area contributed by atoms with E-state index in [1.54, 1.807) is 0 Å². The molecule has 82 valence electrons. The van der Waals surface area contributed by atoms with E-state index >= 15 is 0 Å². The van der Waals surface area contributed by atoms with E-state index in [1.165, 1.54) is 7.11 Å². The number of methoxy groups -OCH3 is 1. The number of rotatable bonds is 4. The molecule has 1 atom stereocenters. The molecule has 1 aromatic carbocycles. The van der Waals surface area contributed by atoms with Crippen LogP contribution in [0.25, 0.3) is 0 Å². The summed E-state index contributed by atoms with van der Waals surface area (Å²) in [6.07, 6.45) is 0. The normalized spacial score (nSPS) is 12.2. The summed E-state index contributed by atoms with van der Waals surface area (Å²) in [5.74, 6) is -0.417. The van der Waals surface area contributed by atoms with Crippen LogP contribution in [0.1, 0.15) is 17.0 Å². The van der Waals surface area contributed by atoms with Gasteiger partial charge in [0.25, 0.3) is 0 Å². The molecule has 0 aliphatic heterocycles. The van der Waals surface area contributed by atoms with Gasteiger partial charge in [0.05, 0.1) is 13.0 Å². The number of esters is 1. The molecule has 0 saturated heterocycles. The quantitative estimate of drug-likeness (QED) is 0.760. The summed E-state index contributed by atoms with van der Waals surface area (Å²) < 4.78 is 4.80. The summed E-state index contributed by atoms with van der Waals surface area (Å²) in [5.41, 5.74) is 2.14. The zero-order valence-electron chi connectivity index (χ0n) is 9.41. The highest BCUT2D eigenvalue weighted by Crippen LogP contribution is 2.20. The molecule has 1 N–H and O–H groups in total. The fraction of sp³-hybridized carbons (Fsp3) is 0.417. The van der Waals surface area contributed by atoms with Crippen molar-refractivity contribution in [2.45, 2.75) is 12.8 Å². The van der Waals surface area contributed by atoms with E-state index in [1.807, 2.05) is 38.2 Å². The highest BCUT2D eigenvalue weighted by molar-refractivity contribution is 5.78. The van der Waals surface area contributed by atoms with Gasteiger partial charge in [-0.05, 0) is 25.1 Å². The largest absolute Gasteiger partial charge is 0.469 e. The molecule has 1 aromatic rings. The van der Waals surface area contributed by atoms with Crippen LogP contribution in [-0.2, 0) is 9.53 Å². The third-order valence-corrected chi connectivity index (χ3v) is 2.46. The van der Waals surface area contributed by atoms with Crippen LogP contribution in [0.5, 0.6) is 0 Å². The summed E-state index contributed by atoms with van der Waals surface area (Å²) in [5, 5.41) is 3.01. The summed E-state index contributed by atoms with van der Waals surface area (Å²) in [6, 6.07) is 7.87. The van der Waals surface area contributed by atoms with E-state index in [9.17, 15) is 4.79 Å². The van der Waals surface area contributed by atoms with Crippen molar-refractivity contribution in [2.24, 2.45) is 0 Å². The van der Waals surface area contributed by atoms with Gasteiger partial charge in [-0.25, -0.2) is 0 Å². The fourth-order valence-corrected chi connectivity index (χ4v) is 1.64. The first-order valence-corrected chi connectivity index (χ1v) is 4.98. The molecule has 0 amide bonds. The summed E-state index contributed by atoms with van der Waals surface area (Å²) in [6.45, 7) is 2.60. The van der Waals surface area contributed by atoms with Crippen molar-refractivity contribution in [1.29, 1.82) is 0 Å². The van der Waals surface area contributed by atoms with Gasteiger partial charge in [-0.15, -0.1) is 0 Å². The molecule has 0 saturated carbocycles. The third kappa shape index (κ3) is 2.80. The van der Waals surface area contributed by atoms with Crippen molar-refractivity contribution in [3.05, 3.63) is 35.4 Å². The highest BCUT2D eigenvalue weighted by Gasteiger charge is 2.21. The van der Waals surface area contributed by atoms with Gasteiger partial charge in [-0.1, -0.05) is 24.3 Å². The van der Waals surface area contributed by atoms with Gasteiger partial charge in [-0.3, -0.25) is 4.79 Å². The molecule has 1 rings (SSSR count). The second kappa shape index (κ2) is 5.51. The predicted octanol–water partition coefficient (Wildman–Crippen LogP) is 1.47. The summed E-state index contributed by atoms with van der Waals surface area (Å²) in [4.78, 5) is 11.6. The molecule has 0 aliphatic rings. The van der Waals surface area contributed by atoms with Crippen LogP contribution >= 0.6 is 0 Å². The molecule has 0 spiro atoms. The van der Waals surface area contributed by atoms with Crippen LogP contribution in [0.15, 0.2) is 24.3 Å². The second-order valence-corrected chi connectivity index (χ2v) is 3.49. The zero-order chi connectivity index (χ0) is 11.3. The Kier molecular flexibility index (Phi) is 4.31. The maximum atomic E-state index is 11.6. The van der Waals surface area contributed by atoms with E-state index in [-0.39, 0.29) is 11.9 Å². The van der Waals surface area contributed by atoms with Crippen molar-refractivity contribution in [2.75, 3.05) is 20.7 Å². The first kappa shape index (κ1) is 11.7. The minimum absolute atomic E-state index is 0.196. The minimum atomic E-state index is -0.221. The molecule has 3 nitrogen and oxygen atoms in total. The molecule has 15 heavy (non-hydrogen) atoms. The number of ether oxygens (including phenoxy) is 1. The molecular formula is C12H17NO2.